The molecule has 1 saturated carbocycles. The molecule has 1 aliphatic carbocycles. The molecule has 2 aromatic heterocycles. The van der Waals surface area contributed by atoms with E-state index in [4.69, 9.17) is 4.74 Å². The summed E-state index contributed by atoms with van der Waals surface area (Å²) in [5.41, 5.74) is 3.83. The molecule has 0 N–H and O–H groups in total. The Balaban J connectivity index is 0.000000145. The van der Waals surface area contributed by atoms with E-state index in [0.717, 1.165) is 24.8 Å². The van der Waals surface area contributed by atoms with Gasteiger partial charge in [0.1, 0.15) is 12.4 Å². The molecule has 0 atom stereocenters. The number of nitrogens with zero attached hydrogens (tertiary/aromatic N) is 5. The first-order chi connectivity index (χ1) is 14.2. The van der Waals surface area contributed by atoms with Gasteiger partial charge >= 0.3 is 0 Å². The highest BCUT2D eigenvalue weighted by molar-refractivity contribution is 5.44. The van der Waals surface area contributed by atoms with Crippen molar-refractivity contribution >= 4 is 0 Å². The summed E-state index contributed by atoms with van der Waals surface area (Å²) in [7, 11) is 2.11. The van der Waals surface area contributed by atoms with Gasteiger partial charge in [-0.05, 0) is 57.4 Å². The van der Waals surface area contributed by atoms with E-state index in [1.54, 1.807) is 12.5 Å². The van der Waals surface area contributed by atoms with Gasteiger partial charge in [0.05, 0.1) is 12.2 Å². The number of aryl methyl sites for hydroxylation is 1. The van der Waals surface area contributed by atoms with Gasteiger partial charge < -0.3 is 4.74 Å². The average molecular weight is 392 g/mol. The first-order valence-corrected chi connectivity index (χ1v) is 10.4. The Bertz CT molecular complexity index is 918. The summed E-state index contributed by atoms with van der Waals surface area (Å²) < 4.78 is 7.83. The number of pyridine rings is 1. The SMILES string of the molecule is Cc1ccc2c(c1)CN(C)Cc1nncn1-2.c1ccc(OC2CCCCC2)nc1. The Labute approximate surface area is 172 Å². The summed E-state index contributed by atoms with van der Waals surface area (Å²) in [6, 6.07) is 12.3. The fraction of sp³-hybridized carbons (Fsp3) is 0.435. The molecule has 1 aliphatic heterocycles. The van der Waals surface area contributed by atoms with E-state index in [0.29, 0.717) is 6.10 Å². The van der Waals surface area contributed by atoms with E-state index in [2.05, 4.69) is 56.8 Å². The summed E-state index contributed by atoms with van der Waals surface area (Å²) in [6.45, 7) is 3.92. The standard InChI is InChI=1S/C12H14N4.C11H15NO/c1-9-3-4-11-10(5-9)6-15(2)7-12-14-13-8-16(11)12;1-2-6-10(7-3-1)13-11-8-4-5-9-12-11/h3-5,8H,6-7H2,1-2H3;4-5,8-10H,1-3,6-7H2. The van der Waals surface area contributed by atoms with Crippen LogP contribution in [0, 0.1) is 6.92 Å². The van der Waals surface area contributed by atoms with Crippen molar-refractivity contribution in [2.75, 3.05) is 7.05 Å². The molecule has 6 heteroatoms. The minimum absolute atomic E-state index is 0.406. The maximum absolute atomic E-state index is 5.74. The average Bonchev–Trinajstić information content (AvgIpc) is 3.13. The van der Waals surface area contributed by atoms with Crippen molar-refractivity contribution in [2.45, 2.75) is 58.2 Å². The number of aromatic nitrogens is 4. The van der Waals surface area contributed by atoms with E-state index in [1.807, 2.05) is 18.2 Å². The molecule has 0 saturated heterocycles. The predicted molar refractivity (Wildman–Crippen MR) is 113 cm³/mol. The van der Waals surface area contributed by atoms with Crippen molar-refractivity contribution in [3.05, 3.63) is 65.9 Å². The molecule has 2 aliphatic rings. The molecule has 1 aromatic carbocycles. The van der Waals surface area contributed by atoms with Crippen LogP contribution in [0.2, 0.25) is 0 Å². The van der Waals surface area contributed by atoms with Crippen LogP contribution in [0.5, 0.6) is 5.88 Å². The zero-order chi connectivity index (χ0) is 20.1. The lowest BCUT2D eigenvalue weighted by Gasteiger charge is -2.22. The fourth-order valence-electron chi connectivity index (χ4n) is 4.00. The van der Waals surface area contributed by atoms with Crippen LogP contribution in [0.3, 0.4) is 0 Å². The molecule has 5 rings (SSSR count). The van der Waals surface area contributed by atoms with Gasteiger partial charge in [-0.2, -0.15) is 0 Å². The second kappa shape index (κ2) is 9.18. The van der Waals surface area contributed by atoms with Crippen molar-refractivity contribution < 1.29 is 4.74 Å². The van der Waals surface area contributed by atoms with Crippen LogP contribution in [0.15, 0.2) is 48.9 Å². The number of fused-ring (bicyclic) bond motifs is 3. The fourth-order valence-corrected chi connectivity index (χ4v) is 4.00. The third-order valence-corrected chi connectivity index (χ3v) is 5.44. The highest BCUT2D eigenvalue weighted by Crippen LogP contribution is 2.23. The Morgan fingerprint density at radius 3 is 2.69 bits per heavy atom. The van der Waals surface area contributed by atoms with Crippen LogP contribution in [-0.4, -0.2) is 37.8 Å². The Morgan fingerprint density at radius 2 is 1.90 bits per heavy atom. The summed E-state index contributed by atoms with van der Waals surface area (Å²) in [5, 5.41) is 8.15. The second-order valence-electron chi connectivity index (χ2n) is 7.97. The predicted octanol–water partition coefficient (Wildman–Crippen LogP) is 4.31. The normalized spacial score (nSPS) is 16.8. The van der Waals surface area contributed by atoms with E-state index < -0.39 is 0 Å². The van der Waals surface area contributed by atoms with E-state index in [1.165, 1.54) is 48.9 Å². The first-order valence-electron chi connectivity index (χ1n) is 10.4. The zero-order valence-electron chi connectivity index (χ0n) is 17.3. The van der Waals surface area contributed by atoms with Crippen molar-refractivity contribution in [3.63, 3.8) is 0 Å². The number of hydrogen-bond donors (Lipinski definition) is 0. The van der Waals surface area contributed by atoms with Crippen LogP contribution >= 0.6 is 0 Å². The lowest BCUT2D eigenvalue weighted by Crippen LogP contribution is -2.19. The monoisotopic (exact) mass is 391 g/mol. The Morgan fingerprint density at radius 1 is 1.03 bits per heavy atom. The van der Waals surface area contributed by atoms with Gasteiger partial charge in [0, 0.05) is 18.8 Å². The van der Waals surface area contributed by atoms with Crippen molar-refractivity contribution in [1.29, 1.82) is 0 Å². The lowest BCUT2D eigenvalue weighted by atomic mass is 9.98. The number of benzene rings is 1. The molecular formula is C23H29N5O. The summed E-state index contributed by atoms with van der Waals surface area (Å²) in [4.78, 5) is 6.41. The number of rotatable bonds is 2. The topological polar surface area (TPSA) is 56.1 Å². The number of hydrogen-bond acceptors (Lipinski definition) is 5. The van der Waals surface area contributed by atoms with Crippen molar-refractivity contribution in [1.82, 2.24) is 24.6 Å². The van der Waals surface area contributed by atoms with Crippen molar-refractivity contribution in [3.8, 4) is 11.6 Å². The van der Waals surface area contributed by atoms with Gasteiger partial charge in [-0.15, -0.1) is 10.2 Å². The number of ether oxygens (including phenoxy) is 1. The molecule has 0 bridgehead atoms. The van der Waals surface area contributed by atoms with E-state index >= 15 is 0 Å². The van der Waals surface area contributed by atoms with E-state index in [9.17, 15) is 0 Å². The summed E-state index contributed by atoms with van der Waals surface area (Å²) in [5.74, 6) is 1.78. The molecule has 0 unspecified atom stereocenters. The van der Waals surface area contributed by atoms with Crippen LogP contribution in [0.1, 0.15) is 49.1 Å². The second-order valence-corrected chi connectivity index (χ2v) is 7.97. The van der Waals surface area contributed by atoms with Gasteiger partial charge in [-0.1, -0.05) is 30.2 Å². The van der Waals surface area contributed by atoms with Gasteiger partial charge in [0.2, 0.25) is 5.88 Å². The largest absolute Gasteiger partial charge is 0.474 e. The van der Waals surface area contributed by atoms with E-state index in [-0.39, 0.29) is 0 Å². The van der Waals surface area contributed by atoms with Crippen LogP contribution in [0.25, 0.3) is 5.69 Å². The Kier molecular flexibility index (Phi) is 6.20. The van der Waals surface area contributed by atoms with Gasteiger partial charge in [0.15, 0.2) is 5.82 Å². The van der Waals surface area contributed by atoms with Gasteiger partial charge in [-0.25, -0.2) is 4.98 Å². The lowest BCUT2D eigenvalue weighted by molar-refractivity contribution is 0.148. The van der Waals surface area contributed by atoms with Crippen molar-refractivity contribution in [2.24, 2.45) is 0 Å². The first kappa shape index (κ1) is 19.6. The highest BCUT2D eigenvalue weighted by Gasteiger charge is 2.18. The molecule has 3 aromatic rings. The highest BCUT2D eigenvalue weighted by atomic mass is 16.5. The molecule has 29 heavy (non-hydrogen) atoms. The third kappa shape index (κ3) is 5.01. The third-order valence-electron chi connectivity index (χ3n) is 5.44. The molecule has 152 valence electrons. The molecule has 0 radical (unpaired) electrons. The molecular weight excluding hydrogens is 362 g/mol. The van der Waals surface area contributed by atoms with Gasteiger partial charge in [-0.3, -0.25) is 9.47 Å². The maximum Gasteiger partial charge on any atom is 0.213 e. The van der Waals surface area contributed by atoms with Gasteiger partial charge in [0.25, 0.3) is 0 Å². The maximum atomic E-state index is 5.74. The van der Waals surface area contributed by atoms with Crippen LogP contribution in [-0.2, 0) is 13.1 Å². The van der Waals surface area contributed by atoms with Crippen LogP contribution < -0.4 is 4.74 Å². The zero-order valence-corrected chi connectivity index (χ0v) is 17.3. The molecule has 1 fully saturated rings. The smallest absolute Gasteiger partial charge is 0.213 e. The molecule has 0 amide bonds. The molecule has 6 nitrogen and oxygen atoms in total. The summed E-state index contributed by atoms with van der Waals surface area (Å²) in [6.07, 6.45) is 10.3. The quantitative estimate of drug-likeness (QED) is 0.651. The molecule has 0 spiro atoms. The minimum atomic E-state index is 0.406. The minimum Gasteiger partial charge on any atom is -0.474 e. The Hall–Kier alpha value is -2.73. The molecule has 3 heterocycles. The van der Waals surface area contributed by atoms with Crippen LogP contribution in [0.4, 0.5) is 0 Å². The summed E-state index contributed by atoms with van der Waals surface area (Å²) >= 11 is 0.